The maximum atomic E-state index is 11.8. The van der Waals surface area contributed by atoms with Crippen molar-refractivity contribution in [3.8, 4) is 5.75 Å². The standard InChI is InChI=1S/C22H26N2O2/c1-23-22(25)17-8-5-9-20(12-17)26-21-13-18-10-11-19(14-21)24(18)15-16-6-3-2-4-7-16/h2-9,12,18-19,21H,10-11,13-15H2,1H3,(H,23,25)/t18-,19+,21?. The molecule has 2 bridgehead atoms. The Labute approximate surface area is 155 Å². The van der Waals surface area contributed by atoms with Crippen LogP contribution in [0.3, 0.4) is 0 Å². The maximum absolute atomic E-state index is 11.8. The first-order valence-electron chi connectivity index (χ1n) is 9.51. The van der Waals surface area contributed by atoms with Gasteiger partial charge < -0.3 is 10.1 Å². The number of amides is 1. The Morgan fingerprint density at radius 1 is 1.08 bits per heavy atom. The van der Waals surface area contributed by atoms with Gasteiger partial charge in [0.25, 0.3) is 5.91 Å². The van der Waals surface area contributed by atoms with Gasteiger partial charge in [-0.15, -0.1) is 0 Å². The van der Waals surface area contributed by atoms with E-state index in [-0.39, 0.29) is 12.0 Å². The van der Waals surface area contributed by atoms with Gasteiger partial charge in [-0.3, -0.25) is 9.69 Å². The van der Waals surface area contributed by atoms with Crippen LogP contribution in [0.4, 0.5) is 0 Å². The summed E-state index contributed by atoms with van der Waals surface area (Å²) in [4.78, 5) is 14.5. The van der Waals surface area contributed by atoms with E-state index in [4.69, 9.17) is 4.74 Å². The van der Waals surface area contributed by atoms with Crippen LogP contribution >= 0.6 is 0 Å². The summed E-state index contributed by atoms with van der Waals surface area (Å²) < 4.78 is 6.26. The van der Waals surface area contributed by atoms with E-state index in [1.165, 1.54) is 18.4 Å². The summed E-state index contributed by atoms with van der Waals surface area (Å²) in [7, 11) is 1.65. The lowest BCUT2D eigenvalue weighted by atomic mass is 9.98. The van der Waals surface area contributed by atoms with Gasteiger partial charge in [0.15, 0.2) is 0 Å². The molecule has 0 aromatic heterocycles. The molecule has 2 aromatic rings. The van der Waals surface area contributed by atoms with E-state index in [0.717, 1.165) is 25.1 Å². The van der Waals surface area contributed by atoms with Crippen molar-refractivity contribution in [1.82, 2.24) is 10.2 Å². The van der Waals surface area contributed by atoms with Gasteiger partial charge in [-0.25, -0.2) is 0 Å². The Morgan fingerprint density at radius 3 is 2.50 bits per heavy atom. The van der Waals surface area contributed by atoms with Gasteiger partial charge in [-0.2, -0.15) is 0 Å². The fourth-order valence-electron chi connectivity index (χ4n) is 4.42. The van der Waals surface area contributed by atoms with Crippen molar-refractivity contribution in [2.45, 2.75) is 50.4 Å². The summed E-state index contributed by atoms with van der Waals surface area (Å²) >= 11 is 0. The average molecular weight is 350 g/mol. The number of rotatable bonds is 5. The minimum atomic E-state index is -0.0757. The van der Waals surface area contributed by atoms with Crippen LogP contribution in [0.15, 0.2) is 54.6 Å². The van der Waals surface area contributed by atoms with Crippen LogP contribution in [-0.2, 0) is 6.54 Å². The second kappa shape index (κ2) is 7.50. The molecule has 136 valence electrons. The smallest absolute Gasteiger partial charge is 0.251 e. The third kappa shape index (κ3) is 3.61. The Hall–Kier alpha value is -2.33. The summed E-state index contributed by atoms with van der Waals surface area (Å²) in [5.41, 5.74) is 2.04. The molecule has 2 aliphatic heterocycles. The molecule has 2 saturated heterocycles. The van der Waals surface area contributed by atoms with Crippen molar-refractivity contribution in [3.05, 3.63) is 65.7 Å². The van der Waals surface area contributed by atoms with Gasteiger partial charge >= 0.3 is 0 Å². The van der Waals surface area contributed by atoms with Crippen molar-refractivity contribution in [2.75, 3.05) is 7.05 Å². The number of fused-ring (bicyclic) bond motifs is 2. The Morgan fingerprint density at radius 2 is 1.81 bits per heavy atom. The zero-order valence-corrected chi connectivity index (χ0v) is 15.2. The number of benzene rings is 2. The number of nitrogens with zero attached hydrogens (tertiary/aromatic N) is 1. The Bertz CT molecular complexity index is 748. The summed E-state index contributed by atoms with van der Waals surface area (Å²) in [6.07, 6.45) is 4.88. The summed E-state index contributed by atoms with van der Waals surface area (Å²) in [5.74, 6) is 0.722. The molecule has 26 heavy (non-hydrogen) atoms. The number of carbonyl (C=O) groups is 1. The first-order chi connectivity index (χ1) is 12.7. The fourth-order valence-corrected chi connectivity index (χ4v) is 4.42. The van der Waals surface area contributed by atoms with Crippen LogP contribution in [0.1, 0.15) is 41.6 Å². The highest BCUT2D eigenvalue weighted by Gasteiger charge is 2.41. The molecular formula is C22H26N2O2. The molecule has 4 heteroatoms. The predicted octanol–water partition coefficient (Wildman–Crippen LogP) is 3.62. The third-order valence-electron chi connectivity index (χ3n) is 5.68. The van der Waals surface area contributed by atoms with Crippen molar-refractivity contribution < 1.29 is 9.53 Å². The SMILES string of the molecule is CNC(=O)c1cccc(OC2C[C@H]3CC[C@@H](C2)N3Cc2ccccc2)c1. The van der Waals surface area contributed by atoms with E-state index in [1.807, 2.05) is 24.3 Å². The molecule has 2 aromatic carbocycles. The monoisotopic (exact) mass is 350 g/mol. The van der Waals surface area contributed by atoms with E-state index in [0.29, 0.717) is 17.6 Å². The minimum absolute atomic E-state index is 0.0757. The van der Waals surface area contributed by atoms with Gasteiger partial charge in [-0.1, -0.05) is 36.4 Å². The van der Waals surface area contributed by atoms with Gasteiger partial charge in [0.2, 0.25) is 0 Å². The molecule has 0 radical (unpaired) electrons. The lowest BCUT2D eigenvalue weighted by molar-refractivity contribution is 0.0445. The first kappa shape index (κ1) is 17.1. The number of piperidine rings is 1. The topological polar surface area (TPSA) is 41.6 Å². The molecule has 0 aliphatic carbocycles. The largest absolute Gasteiger partial charge is 0.490 e. The van der Waals surface area contributed by atoms with Crippen molar-refractivity contribution in [3.63, 3.8) is 0 Å². The van der Waals surface area contributed by atoms with E-state index in [1.54, 1.807) is 7.05 Å². The van der Waals surface area contributed by atoms with Crippen LogP contribution in [-0.4, -0.2) is 36.0 Å². The highest BCUT2D eigenvalue weighted by atomic mass is 16.5. The minimum Gasteiger partial charge on any atom is -0.490 e. The van der Waals surface area contributed by atoms with Gasteiger partial charge in [0.1, 0.15) is 11.9 Å². The second-order valence-corrected chi connectivity index (χ2v) is 7.36. The zero-order chi connectivity index (χ0) is 17.9. The summed E-state index contributed by atoms with van der Waals surface area (Å²) in [6.45, 7) is 1.04. The molecule has 4 nitrogen and oxygen atoms in total. The van der Waals surface area contributed by atoms with Gasteiger partial charge in [0.05, 0.1) is 0 Å². The first-order valence-corrected chi connectivity index (χ1v) is 9.51. The Kier molecular flexibility index (Phi) is 4.93. The van der Waals surface area contributed by atoms with E-state index in [2.05, 4.69) is 40.5 Å². The lowest BCUT2D eigenvalue weighted by Crippen LogP contribution is -2.45. The van der Waals surface area contributed by atoms with Crippen LogP contribution < -0.4 is 10.1 Å². The molecule has 0 spiro atoms. The summed E-state index contributed by atoms with van der Waals surface area (Å²) in [6, 6.07) is 19.4. The molecular weight excluding hydrogens is 324 g/mol. The highest BCUT2D eigenvalue weighted by molar-refractivity contribution is 5.94. The lowest BCUT2D eigenvalue weighted by Gasteiger charge is -2.39. The highest BCUT2D eigenvalue weighted by Crippen LogP contribution is 2.38. The van der Waals surface area contributed by atoms with Gasteiger partial charge in [-0.05, 0) is 49.4 Å². The van der Waals surface area contributed by atoms with E-state index >= 15 is 0 Å². The van der Waals surface area contributed by atoms with Gasteiger partial charge in [0, 0.05) is 31.2 Å². The molecule has 1 unspecified atom stereocenters. The second-order valence-electron chi connectivity index (χ2n) is 7.36. The molecule has 0 saturated carbocycles. The van der Waals surface area contributed by atoms with Crippen molar-refractivity contribution >= 4 is 5.91 Å². The van der Waals surface area contributed by atoms with E-state index < -0.39 is 0 Å². The van der Waals surface area contributed by atoms with Crippen molar-refractivity contribution in [1.29, 1.82) is 0 Å². The summed E-state index contributed by atoms with van der Waals surface area (Å²) in [5, 5.41) is 2.66. The third-order valence-corrected chi connectivity index (χ3v) is 5.68. The van der Waals surface area contributed by atoms with Crippen LogP contribution in [0.2, 0.25) is 0 Å². The molecule has 2 fully saturated rings. The number of hydrogen-bond donors (Lipinski definition) is 1. The fraction of sp³-hybridized carbons (Fsp3) is 0.409. The number of carbonyl (C=O) groups excluding carboxylic acids is 1. The molecule has 2 heterocycles. The quantitative estimate of drug-likeness (QED) is 0.895. The molecule has 1 amide bonds. The van der Waals surface area contributed by atoms with Crippen LogP contribution in [0, 0.1) is 0 Å². The molecule has 2 aliphatic rings. The average Bonchev–Trinajstić information content (AvgIpc) is 2.90. The molecule has 4 rings (SSSR count). The molecule has 1 N–H and O–H groups in total. The Balaban J connectivity index is 1.40. The molecule has 3 atom stereocenters. The van der Waals surface area contributed by atoms with E-state index in [9.17, 15) is 4.79 Å². The van der Waals surface area contributed by atoms with Crippen molar-refractivity contribution in [2.24, 2.45) is 0 Å². The van der Waals surface area contributed by atoms with Crippen LogP contribution in [0.5, 0.6) is 5.75 Å². The zero-order valence-electron chi connectivity index (χ0n) is 15.2. The number of ether oxygens (including phenoxy) is 1. The normalized spacial score (nSPS) is 25.0. The number of nitrogens with one attached hydrogen (secondary N) is 1. The van der Waals surface area contributed by atoms with Crippen LogP contribution in [0.25, 0.3) is 0 Å². The predicted molar refractivity (Wildman–Crippen MR) is 102 cm³/mol. The maximum Gasteiger partial charge on any atom is 0.251 e. The number of hydrogen-bond acceptors (Lipinski definition) is 3.